The molecule has 0 aliphatic carbocycles. The van der Waals surface area contributed by atoms with Gasteiger partial charge in [-0.1, -0.05) is 29.8 Å². The Morgan fingerprint density at radius 1 is 1.20 bits per heavy atom. The number of likely N-dealkylation sites (tertiary alicyclic amines) is 1. The standard InChI is InChI=1S/C19H23ClN4O/c20-18-4-2-1-3-16(18)12-24-13-17(11-22-24)19(25)23-7-5-14-9-21-10-15(14)6-8-23/h1-4,11,13-15,21H,5-10,12H2/t14-,15+. The molecule has 2 saturated heterocycles. The van der Waals surface area contributed by atoms with Crippen molar-refractivity contribution in [2.24, 2.45) is 11.8 Å². The van der Waals surface area contributed by atoms with Gasteiger partial charge in [0.1, 0.15) is 0 Å². The first-order valence-electron chi connectivity index (χ1n) is 8.96. The van der Waals surface area contributed by atoms with Gasteiger partial charge >= 0.3 is 0 Å². The summed E-state index contributed by atoms with van der Waals surface area (Å²) in [5.74, 6) is 1.54. The van der Waals surface area contributed by atoms with E-state index < -0.39 is 0 Å². The highest BCUT2D eigenvalue weighted by Gasteiger charge is 2.31. The number of nitrogens with zero attached hydrogens (tertiary/aromatic N) is 3. The normalized spacial score (nSPS) is 23.3. The molecule has 1 aromatic heterocycles. The third-order valence-electron chi connectivity index (χ3n) is 5.48. The minimum absolute atomic E-state index is 0.0957. The van der Waals surface area contributed by atoms with Crippen LogP contribution >= 0.6 is 11.6 Å². The van der Waals surface area contributed by atoms with Crippen molar-refractivity contribution >= 4 is 17.5 Å². The fourth-order valence-electron chi connectivity index (χ4n) is 3.97. The molecule has 0 unspecified atom stereocenters. The van der Waals surface area contributed by atoms with Crippen molar-refractivity contribution in [3.63, 3.8) is 0 Å². The number of carbonyl (C=O) groups is 1. The number of nitrogens with one attached hydrogen (secondary N) is 1. The second-order valence-corrected chi connectivity index (χ2v) is 7.47. The number of hydrogen-bond acceptors (Lipinski definition) is 3. The SMILES string of the molecule is O=C(c1cnn(Cc2ccccc2Cl)c1)N1CC[C@@H]2CNC[C@@H]2CC1. The summed E-state index contributed by atoms with van der Waals surface area (Å²) in [7, 11) is 0. The van der Waals surface area contributed by atoms with Crippen LogP contribution in [0.1, 0.15) is 28.8 Å². The van der Waals surface area contributed by atoms with Crippen molar-refractivity contribution in [3.8, 4) is 0 Å². The number of carbonyl (C=O) groups excluding carboxylic acids is 1. The summed E-state index contributed by atoms with van der Waals surface area (Å²) in [4.78, 5) is 14.8. The Labute approximate surface area is 153 Å². The van der Waals surface area contributed by atoms with Crippen LogP contribution in [0.4, 0.5) is 0 Å². The van der Waals surface area contributed by atoms with Gasteiger partial charge in [-0.3, -0.25) is 9.48 Å². The molecule has 25 heavy (non-hydrogen) atoms. The molecule has 1 amide bonds. The predicted molar refractivity (Wildman–Crippen MR) is 97.8 cm³/mol. The van der Waals surface area contributed by atoms with E-state index in [0.717, 1.165) is 61.4 Å². The molecular weight excluding hydrogens is 336 g/mol. The van der Waals surface area contributed by atoms with Gasteiger partial charge in [0.05, 0.1) is 18.3 Å². The van der Waals surface area contributed by atoms with Gasteiger partial charge in [-0.05, 0) is 49.4 Å². The maximum atomic E-state index is 12.8. The van der Waals surface area contributed by atoms with E-state index >= 15 is 0 Å². The van der Waals surface area contributed by atoms with Crippen LogP contribution in [0.2, 0.25) is 5.02 Å². The van der Waals surface area contributed by atoms with Crippen LogP contribution in [0.5, 0.6) is 0 Å². The predicted octanol–water partition coefficient (Wildman–Crippen LogP) is 2.66. The molecule has 1 N–H and O–H groups in total. The Balaban J connectivity index is 1.43. The molecule has 2 atom stereocenters. The topological polar surface area (TPSA) is 50.2 Å². The van der Waals surface area contributed by atoms with Crippen molar-refractivity contribution in [3.05, 3.63) is 52.8 Å². The lowest BCUT2D eigenvalue weighted by Gasteiger charge is -2.20. The van der Waals surface area contributed by atoms with Gasteiger partial charge in [0, 0.05) is 24.3 Å². The lowest BCUT2D eigenvalue weighted by molar-refractivity contribution is 0.0758. The molecule has 0 spiro atoms. The number of rotatable bonds is 3. The molecular formula is C19H23ClN4O. The zero-order valence-corrected chi connectivity index (χ0v) is 15.0. The quantitative estimate of drug-likeness (QED) is 0.917. The summed E-state index contributed by atoms with van der Waals surface area (Å²) < 4.78 is 1.78. The molecule has 3 heterocycles. The third-order valence-corrected chi connectivity index (χ3v) is 5.85. The fourth-order valence-corrected chi connectivity index (χ4v) is 4.16. The molecule has 2 aliphatic heterocycles. The van der Waals surface area contributed by atoms with Crippen LogP contribution < -0.4 is 5.32 Å². The molecule has 1 aromatic carbocycles. The van der Waals surface area contributed by atoms with Crippen LogP contribution in [0, 0.1) is 11.8 Å². The van der Waals surface area contributed by atoms with Crippen molar-refractivity contribution < 1.29 is 4.79 Å². The second-order valence-electron chi connectivity index (χ2n) is 7.07. The highest BCUT2D eigenvalue weighted by atomic mass is 35.5. The average molecular weight is 359 g/mol. The van der Waals surface area contributed by atoms with Gasteiger partial charge in [-0.2, -0.15) is 5.10 Å². The lowest BCUT2D eigenvalue weighted by Crippen LogP contribution is -2.32. The molecule has 5 nitrogen and oxygen atoms in total. The average Bonchev–Trinajstić information content (AvgIpc) is 3.22. The second kappa shape index (κ2) is 7.18. The summed E-state index contributed by atoms with van der Waals surface area (Å²) >= 11 is 6.21. The van der Waals surface area contributed by atoms with Crippen molar-refractivity contribution in [1.82, 2.24) is 20.0 Å². The fraction of sp³-hybridized carbons (Fsp3) is 0.474. The Bertz CT molecular complexity index is 745. The van der Waals surface area contributed by atoms with E-state index in [0.29, 0.717) is 12.1 Å². The maximum Gasteiger partial charge on any atom is 0.257 e. The van der Waals surface area contributed by atoms with Crippen molar-refractivity contribution in [2.75, 3.05) is 26.2 Å². The van der Waals surface area contributed by atoms with Crippen LogP contribution in [-0.4, -0.2) is 46.8 Å². The van der Waals surface area contributed by atoms with E-state index in [9.17, 15) is 4.79 Å². The van der Waals surface area contributed by atoms with E-state index in [1.807, 2.05) is 35.4 Å². The van der Waals surface area contributed by atoms with Crippen molar-refractivity contribution in [1.29, 1.82) is 0 Å². The van der Waals surface area contributed by atoms with Crippen LogP contribution in [0.25, 0.3) is 0 Å². The van der Waals surface area contributed by atoms with Gasteiger partial charge in [0.15, 0.2) is 0 Å². The molecule has 2 aromatic rings. The zero-order chi connectivity index (χ0) is 17.2. The Hall–Kier alpha value is -1.85. The highest BCUT2D eigenvalue weighted by Crippen LogP contribution is 2.27. The first-order chi connectivity index (χ1) is 12.2. The number of benzene rings is 1. The molecule has 2 aliphatic rings. The van der Waals surface area contributed by atoms with E-state index in [-0.39, 0.29) is 5.91 Å². The van der Waals surface area contributed by atoms with E-state index in [1.54, 1.807) is 10.9 Å². The molecule has 6 heteroatoms. The van der Waals surface area contributed by atoms with Gasteiger partial charge in [0.2, 0.25) is 0 Å². The van der Waals surface area contributed by atoms with Gasteiger partial charge in [-0.25, -0.2) is 0 Å². The first kappa shape index (κ1) is 16.6. The van der Waals surface area contributed by atoms with Gasteiger partial charge < -0.3 is 10.2 Å². The van der Waals surface area contributed by atoms with Gasteiger partial charge in [-0.15, -0.1) is 0 Å². The minimum atomic E-state index is 0.0957. The lowest BCUT2D eigenvalue weighted by atomic mass is 9.92. The molecule has 0 radical (unpaired) electrons. The van der Waals surface area contributed by atoms with Gasteiger partial charge in [0.25, 0.3) is 5.91 Å². The number of fused-ring (bicyclic) bond motifs is 1. The van der Waals surface area contributed by atoms with Crippen LogP contribution in [0.3, 0.4) is 0 Å². The number of amides is 1. The summed E-state index contributed by atoms with van der Waals surface area (Å²) in [5, 5.41) is 8.54. The van der Waals surface area contributed by atoms with Crippen LogP contribution in [-0.2, 0) is 6.54 Å². The number of aromatic nitrogens is 2. The van der Waals surface area contributed by atoms with E-state index in [1.165, 1.54) is 0 Å². The molecule has 4 rings (SSSR count). The van der Waals surface area contributed by atoms with E-state index in [2.05, 4.69) is 10.4 Å². The van der Waals surface area contributed by atoms with Crippen LogP contribution in [0.15, 0.2) is 36.7 Å². The molecule has 0 saturated carbocycles. The largest absolute Gasteiger partial charge is 0.339 e. The third kappa shape index (κ3) is 3.58. The Morgan fingerprint density at radius 2 is 1.92 bits per heavy atom. The summed E-state index contributed by atoms with van der Waals surface area (Å²) in [6.45, 7) is 4.46. The monoisotopic (exact) mass is 358 g/mol. The Kier molecular flexibility index (Phi) is 4.77. The maximum absolute atomic E-state index is 12.8. The molecule has 132 valence electrons. The number of halogens is 1. The number of hydrogen-bond donors (Lipinski definition) is 1. The van der Waals surface area contributed by atoms with E-state index in [4.69, 9.17) is 11.6 Å². The summed E-state index contributed by atoms with van der Waals surface area (Å²) in [6, 6.07) is 7.72. The molecule has 2 fully saturated rings. The first-order valence-corrected chi connectivity index (χ1v) is 9.34. The zero-order valence-electron chi connectivity index (χ0n) is 14.2. The molecule has 0 bridgehead atoms. The van der Waals surface area contributed by atoms with Crippen molar-refractivity contribution in [2.45, 2.75) is 19.4 Å². The summed E-state index contributed by atoms with van der Waals surface area (Å²) in [5.41, 5.74) is 1.67. The minimum Gasteiger partial charge on any atom is -0.339 e. The highest BCUT2D eigenvalue weighted by molar-refractivity contribution is 6.31. The summed E-state index contributed by atoms with van der Waals surface area (Å²) in [6.07, 6.45) is 5.69. The Morgan fingerprint density at radius 3 is 2.64 bits per heavy atom. The smallest absolute Gasteiger partial charge is 0.257 e.